The van der Waals surface area contributed by atoms with Crippen LogP contribution in [0.4, 0.5) is 5.69 Å². The second kappa shape index (κ2) is 10.2. The number of aromatic nitrogens is 3. The van der Waals surface area contributed by atoms with E-state index in [1.54, 1.807) is 48.5 Å². The summed E-state index contributed by atoms with van der Waals surface area (Å²) in [6, 6.07) is 12.3. The molecular formula is C26H25Cl2N5O3. The van der Waals surface area contributed by atoms with Crippen LogP contribution in [0.3, 0.4) is 0 Å². The minimum atomic E-state index is -0.552. The second-order valence-corrected chi connectivity index (χ2v) is 9.92. The first-order valence-electron chi connectivity index (χ1n) is 11.1. The first kappa shape index (κ1) is 25.5. The van der Waals surface area contributed by atoms with Gasteiger partial charge in [-0.25, -0.2) is 9.67 Å². The van der Waals surface area contributed by atoms with E-state index in [-0.39, 0.29) is 28.1 Å². The highest BCUT2D eigenvalue weighted by Gasteiger charge is 2.23. The Morgan fingerprint density at radius 1 is 1.11 bits per heavy atom. The van der Waals surface area contributed by atoms with Crippen LogP contribution in [0.15, 0.2) is 54.9 Å². The number of methoxy groups -OCH3 is 1. The maximum absolute atomic E-state index is 13.3. The number of nitrogens with zero attached hydrogens (tertiary/aromatic N) is 3. The van der Waals surface area contributed by atoms with Crippen molar-refractivity contribution < 1.29 is 14.3 Å². The molecule has 0 radical (unpaired) electrons. The van der Waals surface area contributed by atoms with E-state index in [1.165, 1.54) is 0 Å². The Morgan fingerprint density at radius 2 is 1.89 bits per heavy atom. The summed E-state index contributed by atoms with van der Waals surface area (Å²) < 4.78 is 6.94. The Kier molecular flexibility index (Phi) is 7.19. The molecule has 8 nitrogen and oxygen atoms in total. The molecule has 0 atom stereocenters. The van der Waals surface area contributed by atoms with Crippen LogP contribution in [0.5, 0.6) is 5.88 Å². The van der Waals surface area contributed by atoms with E-state index in [4.69, 9.17) is 27.9 Å². The maximum Gasteiger partial charge on any atom is 0.258 e. The third-order valence-electron chi connectivity index (χ3n) is 5.55. The van der Waals surface area contributed by atoms with Crippen molar-refractivity contribution in [2.75, 3.05) is 12.4 Å². The fourth-order valence-electron chi connectivity index (χ4n) is 3.57. The average Bonchev–Trinajstić information content (AvgIpc) is 3.28. The third-order valence-corrected chi connectivity index (χ3v) is 6.30. The smallest absolute Gasteiger partial charge is 0.258 e. The van der Waals surface area contributed by atoms with Crippen LogP contribution in [-0.4, -0.2) is 33.7 Å². The lowest BCUT2D eigenvalue weighted by atomic mass is 9.95. The highest BCUT2D eigenvalue weighted by molar-refractivity contribution is 6.41. The molecule has 2 heterocycles. The predicted octanol–water partition coefficient (Wildman–Crippen LogP) is 5.65. The van der Waals surface area contributed by atoms with Crippen LogP contribution in [0.2, 0.25) is 10.0 Å². The van der Waals surface area contributed by atoms with Crippen LogP contribution in [0.1, 0.15) is 36.7 Å². The Balaban J connectivity index is 1.63. The summed E-state index contributed by atoms with van der Waals surface area (Å²) in [6.07, 6.45) is 3.30. The van der Waals surface area contributed by atoms with Gasteiger partial charge in [0.2, 0.25) is 11.8 Å². The lowest BCUT2D eigenvalue weighted by Gasteiger charge is -2.18. The molecule has 2 amide bonds. The number of hydrogen-bond donors (Lipinski definition) is 2. The lowest BCUT2D eigenvalue weighted by Crippen LogP contribution is -2.34. The number of ether oxygens (including phenoxy) is 1. The molecule has 186 valence electrons. The van der Waals surface area contributed by atoms with Gasteiger partial charge in [-0.2, -0.15) is 5.10 Å². The molecule has 0 saturated carbocycles. The number of fused-ring (bicyclic) bond motifs is 1. The van der Waals surface area contributed by atoms with Gasteiger partial charge >= 0.3 is 0 Å². The summed E-state index contributed by atoms with van der Waals surface area (Å²) in [5, 5.41) is 11.3. The van der Waals surface area contributed by atoms with E-state index in [2.05, 4.69) is 20.7 Å². The van der Waals surface area contributed by atoms with Crippen molar-refractivity contribution in [3.8, 4) is 11.6 Å². The first-order valence-corrected chi connectivity index (χ1v) is 11.9. The molecule has 0 aliphatic rings. The number of carbonyl (C=O) groups excluding carboxylic acids is 2. The maximum atomic E-state index is 13.3. The van der Waals surface area contributed by atoms with E-state index in [9.17, 15) is 9.59 Å². The zero-order valence-electron chi connectivity index (χ0n) is 20.2. The standard InChI is InChI=1S/C26H25Cl2N5O3/c1-26(2,3)25(35)30-13-15-8-9-18(27)22(23(15)28)24(34)32-19-6-5-7-20-17(19)14-31-33(20)16-10-11-29-21(12-16)36-4/h5-12,14H,13H2,1-4H3,(H,30,35)(H,32,34). The molecule has 0 spiro atoms. The number of amides is 2. The number of halogens is 2. The van der Waals surface area contributed by atoms with Crippen molar-refractivity contribution >= 4 is 51.6 Å². The first-order chi connectivity index (χ1) is 17.1. The van der Waals surface area contributed by atoms with Gasteiger partial charge in [0.05, 0.1) is 45.8 Å². The highest BCUT2D eigenvalue weighted by atomic mass is 35.5. The largest absolute Gasteiger partial charge is 0.481 e. The van der Waals surface area contributed by atoms with Crippen LogP contribution in [0, 0.1) is 5.41 Å². The van der Waals surface area contributed by atoms with Gasteiger partial charge in [-0.3, -0.25) is 9.59 Å². The third kappa shape index (κ3) is 5.15. The Hall–Kier alpha value is -3.62. The topological polar surface area (TPSA) is 98.1 Å². The van der Waals surface area contributed by atoms with Crippen LogP contribution >= 0.6 is 23.2 Å². The molecule has 4 rings (SSSR count). The highest BCUT2D eigenvalue weighted by Crippen LogP contribution is 2.31. The van der Waals surface area contributed by atoms with Crippen molar-refractivity contribution in [3.05, 3.63) is 76.0 Å². The average molecular weight is 526 g/mol. The summed E-state index contributed by atoms with van der Waals surface area (Å²) in [5.41, 5.74) is 2.24. The van der Waals surface area contributed by atoms with E-state index >= 15 is 0 Å². The van der Waals surface area contributed by atoms with Crippen molar-refractivity contribution in [1.82, 2.24) is 20.1 Å². The van der Waals surface area contributed by atoms with Gasteiger partial charge in [-0.1, -0.05) is 56.1 Å². The Labute approximate surface area is 218 Å². The molecule has 0 aliphatic heterocycles. The zero-order valence-corrected chi connectivity index (χ0v) is 21.7. The molecule has 2 N–H and O–H groups in total. The molecule has 0 saturated heterocycles. The number of hydrogen-bond acceptors (Lipinski definition) is 5. The normalized spacial score (nSPS) is 11.4. The van der Waals surface area contributed by atoms with Crippen molar-refractivity contribution in [3.63, 3.8) is 0 Å². The van der Waals surface area contributed by atoms with Crippen LogP contribution in [-0.2, 0) is 11.3 Å². The molecule has 2 aromatic carbocycles. The summed E-state index contributed by atoms with van der Waals surface area (Å²) in [7, 11) is 1.55. The van der Waals surface area contributed by atoms with Gasteiger partial charge in [0, 0.05) is 29.6 Å². The number of nitrogens with one attached hydrogen (secondary N) is 2. The zero-order chi connectivity index (χ0) is 26.0. The van der Waals surface area contributed by atoms with Crippen LogP contribution in [0.25, 0.3) is 16.6 Å². The molecular weight excluding hydrogens is 501 g/mol. The fraction of sp³-hybridized carbons (Fsp3) is 0.231. The number of carbonyl (C=O) groups is 2. The SMILES string of the molecule is COc1cc(-n2ncc3c(NC(=O)c4c(Cl)ccc(CNC(=O)C(C)(C)C)c4Cl)cccc32)ccn1. The van der Waals surface area contributed by atoms with Gasteiger partial charge < -0.3 is 15.4 Å². The molecule has 0 unspecified atom stereocenters. The molecule has 0 aliphatic carbocycles. The predicted molar refractivity (Wildman–Crippen MR) is 141 cm³/mol. The van der Waals surface area contributed by atoms with Gasteiger partial charge in [0.15, 0.2) is 0 Å². The van der Waals surface area contributed by atoms with E-state index in [0.717, 1.165) is 16.6 Å². The van der Waals surface area contributed by atoms with Gasteiger partial charge in [-0.05, 0) is 29.8 Å². The number of benzene rings is 2. The van der Waals surface area contributed by atoms with Crippen molar-refractivity contribution in [2.45, 2.75) is 27.3 Å². The summed E-state index contributed by atoms with van der Waals surface area (Å²) >= 11 is 12.9. The summed E-state index contributed by atoms with van der Waals surface area (Å²) in [6.45, 7) is 5.62. The van der Waals surface area contributed by atoms with Crippen molar-refractivity contribution in [1.29, 1.82) is 0 Å². The second-order valence-electron chi connectivity index (χ2n) is 9.13. The van der Waals surface area contributed by atoms with Gasteiger partial charge in [0.1, 0.15) is 0 Å². The monoisotopic (exact) mass is 525 g/mol. The van der Waals surface area contributed by atoms with E-state index < -0.39 is 11.3 Å². The quantitative estimate of drug-likeness (QED) is 0.338. The van der Waals surface area contributed by atoms with Gasteiger partial charge in [0.25, 0.3) is 5.91 Å². The summed E-state index contributed by atoms with van der Waals surface area (Å²) in [4.78, 5) is 29.7. The number of anilines is 1. The van der Waals surface area contributed by atoms with Crippen molar-refractivity contribution in [2.24, 2.45) is 5.41 Å². The molecule has 2 aromatic heterocycles. The van der Waals surface area contributed by atoms with Gasteiger partial charge in [-0.15, -0.1) is 0 Å². The van der Waals surface area contributed by atoms with E-state index in [0.29, 0.717) is 17.1 Å². The Bertz CT molecular complexity index is 1460. The molecule has 0 fully saturated rings. The fourth-order valence-corrected chi connectivity index (χ4v) is 4.18. The molecule has 4 aromatic rings. The molecule has 36 heavy (non-hydrogen) atoms. The van der Waals surface area contributed by atoms with E-state index in [1.807, 2.05) is 39.0 Å². The minimum absolute atomic E-state index is 0.129. The molecule has 0 bridgehead atoms. The Morgan fingerprint density at radius 3 is 2.61 bits per heavy atom. The summed E-state index contributed by atoms with van der Waals surface area (Å²) in [5.74, 6) is -0.140. The minimum Gasteiger partial charge on any atom is -0.481 e. The molecule has 10 heteroatoms. The van der Waals surface area contributed by atoms with Crippen LogP contribution < -0.4 is 15.4 Å². The number of rotatable bonds is 6. The lowest BCUT2D eigenvalue weighted by molar-refractivity contribution is -0.128. The number of pyridine rings is 1.